The monoisotopic (exact) mass is 239 g/mol. The third kappa shape index (κ3) is 1.73. The molecule has 0 saturated carbocycles. The van der Waals surface area contributed by atoms with Gasteiger partial charge in [0.05, 0.1) is 24.6 Å². The summed E-state index contributed by atoms with van der Waals surface area (Å²) in [4.78, 5) is 6.25. The van der Waals surface area contributed by atoms with E-state index in [0.717, 1.165) is 17.8 Å². The lowest BCUT2D eigenvalue weighted by Gasteiger charge is -2.11. The molecule has 90 valence electrons. The second-order valence-electron chi connectivity index (χ2n) is 4.26. The van der Waals surface area contributed by atoms with E-state index in [1.54, 1.807) is 0 Å². The molecule has 0 spiro atoms. The van der Waals surface area contributed by atoms with Crippen molar-refractivity contribution in [3.05, 3.63) is 46.9 Å². The highest BCUT2D eigenvalue weighted by Crippen LogP contribution is 2.36. The van der Waals surface area contributed by atoms with Gasteiger partial charge in [-0.2, -0.15) is 5.26 Å². The number of hydrogen-bond acceptors (Lipinski definition) is 5. The minimum atomic E-state index is 0.265. The van der Waals surface area contributed by atoms with Crippen LogP contribution in [0, 0.1) is 18.3 Å². The molecule has 0 bridgehead atoms. The van der Waals surface area contributed by atoms with Crippen LogP contribution in [-0.4, -0.2) is 24.1 Å². The zero-order valence-corrected chi connectivity index (χ0v) is 10.0. The first kappa shape index (κ1) is 10.8. The Morgan fingerprint density at radius 1 is 1.44 bits per heavy atom. The number of fused-ring (bicyclic) bond motifs is 1. The maximum atomic E-state index is 8.47. The summed E-state index contributed by atoms with van der Waals surface area (Å²) in [5.41, 5.74) is 3.11. The van der Waals surface area contributed by atoms with Gasteiger partial charge in [-0.25, -0.2) is 4.99 Å². The Bertz CT molecular complexity index is 581. The largest absolute Gasteiger partial charge is 0.357 e. The maximum absolute atomic E-state index is 8.47. The SMILES string of the molecule is C1=NC2NCNC3=C2N13.Cc1ccccc1C#N. The van der Waals surface area contributed by atoms with Gasteiger partial charge >= 0.3 is 0 Å². The minimum absolute atomic E-state index is 0.265. The van der Waals surface area contributed by atoms with Crippen LogP contribution in [0.5, 0.6) is 0 Å². The van der Waals surface area contributed by atoms with Crippen molar-refractivity contribution in [3.63, 3.8) is 0 Å². The van der Waals surface area contributed by atoms with Crippen LogP contribution < -0.4 is 10.6 Å². The Morgan fingerprint density at radius 3 is 2.89 bits per heavy atom. The first-order chi connectivity index (χ1) is 8.81. The van der Waals surface area contributed by atoms with Gasteiger partial charge in [0.15, 0.2) is 0 Å². The normalized spacial score (nSPS) is 21.6. The zero-order chi connectivity index (χ0) is 12.5. The Kier molecular flexibility index (Phi) is 2.50. The summed E-state index contributed by atoms with van der Waals surface area (Å²) >= 11 is 0. The summed E-state index contributed by atoms with van der Waals surface area (Å²) in [6.07, 6.45) is 2.12. The topological polar surface area (TPSA) is 63.2 Å². The van der Waals surface area contributed by atoms with Crippen LogP contribution in [0.15, 0.2) is 40.8 Å². The summed E-state index contributed by atoms with van der Waals surface area (Å²) in [6.45, 7) is 2.77. The van der Waals surface area contributed by atoms with Gasteiger partial charge in [-0.1, -0.05) is 18.2 Å². The van der Waals surface area contributed by atoms with Crippen molar-refractivity contribution >= 4 is 6.34 Å². The maximum Gasteiger partial charge on any atom is 0.147 e. The van der Waals surface area contributed by atoms with Gasteiger partial charge < -0.3 is 5.32 Å². The van der Waals surface area contributed by atoms with Crippen LogP contribution >= 0.6 is 0 Å². The van der Waals surface area contributed by atoms with Crippen LogP contribution in [0.4, 0.5) is 0 Å². The molecule has 0 saturated heterocycles. The zero-order valence-electron chi connectivity index (χ0n) is 10.0. The molecule has 0 aromatic heterocycles. The van der Waals surface area contributed by atoms with Crippen molar-refractivity contribution in [2.45, 2.75) is 13.1 Å². The second-order valence-corrected chi connectivity index (χ2v) is 4.26. The summed E-state index contributed by atoms with van der Waals surface area (Å²) in [7, 11) is 0. The molecule has 0 fully saturated rings. The fourth-order valence-electron chi connectivity index (χ4n) is 2.03. The van der Waals surface area contributed by atoms with Crippen molar-refractivity contribution in [2.75, 3.05) is 6.67 Å². The summed E-state index contributed by atoms with van der Waals surface area (Å²) in [6, 6.07) is 9.63. The number of rotatable bonds is 0. The molecule has 0 aliphatic carbocycles. The van der Waals surface area contributed by atoms with Crippen LogP contribution in [-0.2, 0) is 0 Å². The van der Waals surface area contributed by atoms with E-state index in [0.29, 0.717) is 0 Å². The third-order valence-corrected chi connectivity index (χ3v) is 3.10. The fourth-order valence-corrected chi connectivity index (χ4v) is 2.03. The van der Waals surface area contributed by atoms with Crippen molar-refractivity contribution in [1.82, 2.24) is 15.5 Å². The van der Waals surface area contributed by atoms with Crippen LogP contribution in [0.3, 0.4) is 0 Å². The predicted octanol–water partition coefficient (Wildman–Crippen LogP) is 0.856. The Labute approximate surface area is 105 Å². The third-order valence-electron chi connectivity index (χ3n) is 3.10. The van der Waals surface area contributed by atoms with Crippen molar-refractivity contribution < 1.29 is 0 Å². The molecule has 5 heteroatoms. The average Bonchev–Trinajstić information content (AvgIpc) is 2.92. The van der Waals surface area contributed by atoms with Gasteiger partial charge in [0, 0.05) is 0 Å². The van der Waals surface area contributed by atoms with Gasteiger partial charge in [-0.3, -0.25) is 10.2 Å². The molecule has 0 amide bonds. The molecule has 1 aromatic carbocycles. The van der Waals surface area contributed by atoms with Crippen LogP contribution in [0.1, 0.15) is 11.1 Å². The first-order valence-electron chi connectivity index (χ1n) is 5.81. The van der Waals surface area contributed by atoms with Crippen molar-refractivity contribution in [1.29, 1.82) is 5.26 Å². The Hall–Kier alpha value is -2.32. The quantitative estimate of drug-likeness (QED) is 0.704. The highest BCUT2D eigenvalue weighted by atomic mass is 15.5. The van der Waals surface area contributed by atoms with E-state index in [9.17, 15) is 0 Å². The van der Waals surface area contributed by atoms with E-state index in [2.05, 4.69) is 26.6 Å². The molecule has 3 aliphatic rings. The van der Waals surface area contributed by atoms with E-state index < -0.39 is 0 Å². The first-order valence-corrected chi connectivity index (χ1v) is 5.81. The number of benzene rings is 1. The molecule has 5 nitrogen and oxygen atoms in total. The second kappa shape index (κ2) is 4.17. The van der Waals surface area contributed by atoms with Crippen molar-refractivity contribution in [2.24, 2.45) is 4.99 Å². The van der Waals surface area contributed by atoms with E-state index in [1.807, 2.05) is 37.5 Å². The standard InChI is InChI=1S/C8H7N.C5H6N4/c1-7-4-2-3-5-8(7)6-9;1-6-4-3-5(7-1)9(3)2-8-4/h2-5H,1H3;2,4,6-7H,1H2. The number of hydrogen-bond donors (Lipinski definition) is 2. The smallest absolute Gasteiger partial charge is 0.147 e. The molecule has 1 atom stereocenters. The summed E-state index contributed by atoms with van der Waals surface area (Å²) < 4.78 is 0. The number of nitrogens with one attached hydrogen (secondary N) is 2. The number of aryl methyl sites for hydroxylation is 1. The lowest BCUT2D eigenvalue weighted by atomic mass is 10.1. The molecule has 1 unspecified atom stereocenters. The van der Waals surface area contributed by atoms with Gasteiger partial charge in [0.2, 0.25) is 0 Å². The van der Waals surface area contributed by atoms with E-state index >= 15 is 0 Å². The fraction of sp³-hybridized carbons (Fsp3) is 0.231. The average molecular weight is 239 g/mol. The minimum Gasteiger partial charge on any atom is -0.357 e. The molecular weight excluding hydrogens is 226 g/mol. The molecule has 3 aliphatic heterocycles. The molecule has 2 N–H and O–H groups in total. The van der Waals surface area contributed by atoms with E-state index in [1.165, 1.54) is 11.5 Å². The highest BCUT2D eigenvalue weighted by molar-refractivity contribution is 5.74. The van der Waals surface area contributed by atoms with Gasteiger partial charge in [-0.05, 0) is 18.6 Å². The molecule has 3 heterocycles. The Balaban J connectivity index is 0.000000111. The summed E-state index contributed by atoms with van der Waals surface area (Å²) in [5.74, 6) is 1.26. The molecule has 18 heavy (non-hydrogen) atoms. The number of nitriles is 1. The number of aliphatic imine (C=N–C) groups is 1. The highest BCUT2D eigenvalue weighted by Gasteiger charge is 2.44. The van der Waals surface area contributed by atoms with Gasteiger partial charge in [0.1, 0.15) is 17.7 Å². The number of nitrogens with zero attached hydrogens (tertiary/aromatic N) is 3. The Morgan fingerprint density at radius 2 is 2.28 bits per heavy atom. The summed E-state index contributed by atoms with van der Waals surface area (Å²) in [5, 5.41) is 14.9. The molecule has 4 rings (SSSR count). The van der Waals surface area contributed by atoms with Crippen LogP contribution in [0.2, 0.25) is 0 Å². The molecular formula is C13H13N5. The van der Waals surface area contributed by atoms with Gasteiger partial charge in [-0.15, -0.1) is 0 Å². The van der Waals surface area contributed by atoms with Gasteiger partial charge in [0.25, 0.3) is 0 Å². The lowest BCUT2D eigenvalue weighted by Crippen LogP contribution is -2.36. The van der Waals surface area contributed by atoms with E-state index in [-0.39, 0.29) is 6.17 Å². The molecule has 0 radical (unpaired) electrons. The van der Waals surface area contributed by atoms with Crippen molar-refractivity contribution in [3.8, 4) is 6.07 Å². The molecule has 1 aromatic rings. The predicted molar refractivity (Wildman–Crippen MR) is 68.2 cm³/mol. The van der Waals surface area contributed by atoms with E-state index in [4.69, 9.17) is 5.26 Å². The van der Waals surface area contributed by atoms with Crippen LogP contribution in [0.25, 0.3) is 0 Å². The lowest BCUT2D eigenvalue weighted by molar-refractivity contribution is 0.562.